The van der Waals surface area contributed by atoms with Crippen molar-refractivity contribution in [3.8, 4) is 0 Å². The number of amides is 1. The average Bonchev–Trinajstić information content (AvgIpc) is 2.67. The van der Waals surface area contributed by atoms with Crippen molar-refractivity contribution in [1.82, 2.24) is 14.5 Å². The van der Waals surface area contributed by atoms with Crippen molar-refractivity contribution in [1.29, 1.82) is 0 Å². The Kier molecular flexibility index (Phi) is 5.65. The Hall–Kier alpha value is -2.93. The van der Waals surface area contributed by atoms with E-state index in [0.29, 0.717) is 34.3 Å². The van der Waals surface area contributed by atoms with Crippen molar-refractivity contribution >= 4 is 34.7 Å². The van der Waals surface area contributed by atoms with Crippen LogP contribution in [-0.2, 0) is 13.1 Å². The van der Waals surface area contributed by atoms with Crippen LogP contribution in [-0.4, -0.2) is 41.5 Å². The molecule has 1 amide bonds. The summed E-state index contributed by atoms with van der Waals surface area (Å²) in [6.07, 6.45) is 0. The van der Waals surface area contributed by atoms with Crippen molar-refractivity contribution in [3.63, 3.8) is 0 Å². The monoisotopic (exact) mass is 396 g/mol. The van der Waals surface area contributed by atoms with Gasteiger partial charge in [-0.3, -0.25) is 14.2 Å². The van der Waals surface area contributed by atoms with Crippen LogP contribution in [0, 0.1) is 4.77 Å². The number of aromatic amines is 1. The first-order chi connectivity index (χ1) is 13.3. The molecule has 1 N–H and O–H groups in total. The minimum absolute atomic E-state index is 0.113. The Balaban J connectivity index is 1.86. The van der Waals surface area contributed by atoms with E-state index < -0.39 is 0 Å². The lowest BCUT2D eigenvalue weighted by Crippen LogP contribution is -2.26. The molecule has 28 heavy (non-hydrogen) atoms. The van der Waals surface area contributed by atoms with Gasteiger partial charge in [0.1, 0.15) is 0 Å². The van der Waals surface area contributed by atoms with Crippen molar-refractivity contribution in [2.45, 2.75) is 20.0 Å². The standard InChI is InChI=1S/C21H24N4O2S/c1-5-25-20(27)17-11-8-15(12-18(17)22-21(25)28)19(26)24(4)13-14-6-9-16(10-7-14)23(2)3/h6-12H,5,13H2,1-4H3,(H,22,28). The van der Waals surface area contributed by atoms with Crippen LogP contribution in [0.5, 0.6) is 0 Å². The van der Waals surface area contributed by atoms with Crippen LogP contribution in [0.2, 0.25) is 0 Å². The summed E-state index contributed by atoms with van der Waals surface area (Å²) in [4.78, 5) is 32.1. The van der Waals surface area contributed by atoms with E-state index in [1.165, 1.54) is 4.57 Å². The molecule has 6 nitrogen and oxygen atoms in total. The molecule has 3 aromatic rings. The second-order valence-corrected chi connectivity index (χ2v) is 7.35. The lowest BCUT2D eigenvalue weighted by molar-refractivity contribution is 0.0785. The molecule has 7 heteroatoms. The summed E-state index contributed by atoms with van der Waals surface area (Å²) in [5.41, 5.74) is 3.11. The fourth-order valence-electron chi connectivity index (χ4n) is 3.14. The largest absolute Gasteiger partial charge is 0.378 e. The van der Waals surface area contributed by atoms with Gasteiger partial charge in [0, 0.05) is 45.5 Å². The van der Waals surface area contributed by atoms with Gasteiger partial charge in [-0.25, -0.2) is 0 Å². The Labute approximate surface area is 169 Å². The van der Waals surface area contributed by atoms with Gasteiger partial charge in [-0.2, -0.15) is 0 Å². The molecule has 0 aliphatic heterocycles. The zero-order chi connectivity index (χ0) is 20.4. The third-order valence-corrected chi connectivity index (χ3v) is 5.09. The highest BCUT2D eigenvalue weighted by molar-refractivity contribution is 7.71. The van der Waals surface area contributed by atoms with Crippen LogP contribution in [0.1, 0.15) is 22.8 Å². The number of carbonyl (C=O) groups is 1. The highest BCUT2D eigenvalue weighted by Crippen LogP contribution is 2.16. The second kappa shape index (κ2) is 7.98. The number of carbonyl (C=O) groups excluding carboxylic acids is 1. The summed E-state index contributed by atoms with van der Waals surface area (Å²) >= 11 is 5.25. The van der Waals surface area contributed by atoms with Crippen molar-refractivity contribution in [2.75, 3.05) is 26.0 Å². The number of nitrogens with zero attached hydrogens (tertiary/aromatic N) is 3. The topological polar surface area (TPSA) is 61.3 Å². The fraction of sp³-hybridized carbons (Fsp3) is 0.286. The van der Waals surface area contributed by atoms with Gasteiger partial charge in [0.05, 0.1) is 10.9 Å². The molecule has 0 aliphatic carbocycles. The van der Waals surface area contributed by atoms with E-state index in [1.807, 2.05) is 50.2 Å². The molecule has 0 spiro atoms. The summed E-state index contributed by atoms with van der Waals surface area (Å²) in [6.45, 7) is 2.87. The molecular formula is C21H24N4O2S. The Morgan fingerprint density at radius 1 is 1.11 bits per heavy atom. The predicted molar refractivity (Wildman–Crippen MR) is 116 cm³/mol. The molecule has 3 rings (SSSR count). The number of hydrogen-bond donors (Lipinski definition) is 1. The summed E-state index contributed by atoms with van der Waals surface area (Å²) in [6, 6.07) is 13.2. The number of benzene rings is 2. The summed E-state index contributed by atoms with van der Waals surface area (Å²) in [5, 5.41) is 0.522. The van der Waals surface area contributed by atoms with Crippen LogP contribution >= 0.6 is 12.2 Å². The molecule has 2 aromatic carbocycles. The molecule has 1 aromatic heterocycles. The molecule has 0 saturated heterocycles. The van der Waals surface area contributed by atoms with Crippen LogP contribution in [0.3, 0.4) is 0 Å². The van der Waals surface area contributed by atoms with Gasteiger partial charge < -0.3 is 14.8 Å². The van der Waals surface area contributed by atoms with Gasteiger partial charge >= 0.3 is 0 Å². The van der Waals surface area contributed by atoms with Gasteiger partial charge in [0.25, 0.3) is 11.5 Å². The number of aromatic nitrogens is 2. The number of anilines is 1. The number of fused-ring (bicyclic) bond motifs is 1. The SMILES string of the molecule is CCn1c(=S)[nH]c2cc(C(=O)N(C)Cc3ccc(N(C)C)cc3)ccc2c1=O. The highest BCUT2D eigenvalue weighted by Gasteiger charge is 2.14. The maximum Gasteiger partial charge on any atom is 0.262 e. The first kappa shape index (κ1) is 19.8. The van der Waals surface area contributed by atoms with Gasteiger partial charge in [-0.05, 0) is 55.0 Å². The molecule has 0 bridgehead atoms. The van der Waals surface area contributed by atoms with E-state index >= 15 is 0 Å². The van der Waals surface area contributed by atoms with Crippen LogP contribution in [0.4, 0.5) is 5.69 Å². The molecule has 1 heterocycles. The number of H-pyrrole nitrogens is 1. The van der Waals surface area contributed by atoms with Crippen molar-refractivity contribution < 1.29 is 4.79 Å². The quantitative estimate of drug-likeness (QED) is 0.672. The third-order valence-electron chi connectivity index (χ3n) is 4.76. The maximum atomic E-state index is 12.9. The molecule has 0 atom stereocenters. The first-order valence-electron chi connectivity index (χ1n) is 9.10. The summed E-state index contributed by atoms with van der Waals surface area (Å²) < 4.78 is 1.86. The van der Waals surface area contributed by atoms with Gasteiger partial charge in [0.15, 0.2) is 4.77 Å². The minimum atomic E-state index is -0.144. The predicted octanol–water partition coefficient (Wildman–Crippen LogP) is 3.42. The van der Waals surface area contributed by atoms with Gasteiger partial charge in [-0.1, -0.05) is 12.1 Å². The smallest absolute Gasteiger partial charge is 0.262 e. The zero-order valence-corrected chi connectivity index (χ0v) is 17.3. The van der Waals surface area contributed by atoms with E-state index in [4.69, 9.17) is 12.2 Å². The molecule has 146 valence electrons. The lowest BCUT2D eigenvalue weighted by atomic mass is 10.1. The average molecular weight is 397 g/mol. The molecule has 0 saturated carbocycles. The first-order valence-corrected chi connectivity index (χ1v) is 9.51. The Morgan fingerprint density at radius 3 is 2.39 bits per heavy atom. The van der Waals surface area contributed by atoms with E-state index in [-0.39, 0.29) is 11.5 Å². The lowest BCUT2D eigenvalue weighted by Gasteiger charge is -2.19. The normalized spacial score (nSPS) is 10.9. The van der Waals surface area contributed by atoms with Crippen LogP contribution in [0.25, 0.3) is 10.9 Å². The van der Waals surface area contributed by atoms with Crippen LogP contribution < -0.4 is 10.5 Å². The molecule has 0 radical (unpaired) electrons. The minimum Gasteiger partial charge on any atom is -0.378 e. The van der Waals surface area contributed by atoms with E-state index in [9.17, 15) is 9.59 Å². The van der Waals surface area contributed by atoms with E-state index in [0.717, 1.165) is 11.3 Å². The van der Waals surface area contributed by atoms with Crippen LogP contribution in [0.15, 0.2) is 47.3 Å². The highest BCUT2D eigenvalue weighted by atomic mass is 32.1. The number of hydrogen-bond acceptors (Lipinski definition) is 4. The fourth-order valence-corrected chi connectivity index (χ4v) is 3.46. The Bertz CT molecular complexity index is 1130. The third kappa shape index (κ3) is 3.84. The molecule has 0 unspecified atom stereocenters. The Morgan fingerprint density at radius 2 is 1.79 bits per heavy atom. The van der Waals surface area contributed by atoms with Crippen molar-refractivity contribution in [3.05, 3.63) is 68.7 Å². The molecule has 0 fully saturated rings. The summed E-state index contributed by atoms with van der Waals surface area (Å²) in [5.74, 6) is -0.113. The number of nitrogens with one attached hydrogen (secondary N) is 1. The van der Waals surface area contributed by atoms with E-state index in [2.05, 4.69) is 4.98 Å². The molecule has 0 aliphatic rings. The van der Waals surface area contributed by atoms with Gasteiger partial charge in [-0.15, -0.1) is 0 Å². The zero-order valence-electron chi connectivity index (χ0n) is 16.5. The summed E-state index contributed by atoms with van der Waals surface area (Å²) in [7, 11) is 5.75. The van der Waals surface area contributed by atoms with E-state index in [1.54, 1.807) is 30.1 Å². The maximum absolute atomic E-state index is 12.9. The van der Waals surface area contributed by atoms with Crippen molar-refractivity contribution in [2.24, 2.45) is 0 Å². The number of rotatable bonds is 5. The van der Waals surface area contributed by atoms with Gasteiger partial charge in [0.2, 0.25) is 0 Å². The molecular weight excluding hydrogens is 372 g/mol. The second-order valence-electron chi connectivity index (χ2n) is 6.96.